The van der Waals surface area contributed by atoms with Crippen LogP contribution in [-0.4, -0.2) is 28.1 Å². The van der Waals surface area contributed by atoms with E-state index in [2.05, 4.69) is 10.0 Å². The summed E-state index contributed by atoms with van der Waals surface area (Å²) in [6, 6.07) is 6.99. The maximum atomic E-state index is 12.0. The van der Waals surface area contributed by atoms with Crippen LogP contribution >= 0.6 is 0 Å². The average molecular weight is 268 g/mol. The van der Waals surface area contributed by atoms with Crippen LogP contribution in [0.5, 0.6) is 0 Å². The van der Waals surface area contributed by atoms with Crippen molar-refractivity contribution in [3.63, 3.8) is 0 Å². The Morgan fingerprint density at radius 2 is 2.28 bits per heavy atom. The minimum Gasteiger partial charge on any atom is -0.316 e. The molecule has 1 saturated heterocycles. The summed E-state index contributed by atoms with van der Waals surface area (Å²) in [4.78, 5) is 0.354. The van der Waals surface area contributed by atoms with E-state index in [0.29, 0.717) is 17.4 Å². The fourth-order valence-electron chi connectivity index (χ4n) is 2.22. The molecular formula is C13H20N2O2S. The molecule has 100 valence electrons. The van der Waals surface area contributed by atoms with Crippen molar-refractivity contribution in [3.8, 4) is 0 Å². The second-order valence-electron chi connectivity index (χ2n) is 4.86. The van der Waals surface area contributed by atoms with E-state index in [9.17, 15) is 8.42 Å². The quantitative estimate of drug-likeness (QED) is 0.845. The Kier molecular flexibility index (Phi) is 4.37. The maximum Gasteiger partial charge on any atom is 0.240 e. The first-order valence-corrected chi connectivity index (χ1v) is 7.83. The standard InChI is InChI=1S/C13H20N2O2S/c1-11-3-2-4-13(9-11)18(16,17)15-8-6-12-5-7-14-10-12/h2-4,9,12,14-15H,5-8,10H2,1H3. The number of rotatable bonds is 5. The first-order valence-electron chi connectivity index (χ1n) is 6.35. The molecule has 4 nitrogen and oxygen atoms in total. The van der Waals surface area contributed by atoms with Crippen molar-refractivity contribution in [2.24, 2.45) is 5.92 Å². The van der Waals surface area contributed by atoms with Gasteiger partial charge in [-0.05, 0) is 56.5 Å². The van der Waals surface area contributed by atoms with Crippen LogP contribution < -0.4 is 10.0 Å². The summed E-state index contributed by atoms with van der Waals surface area (Å²) in [5.74, 6) is 0.602. The Bertz CT molecular complexity index is 493. The van der Waals surface area contributed by atoms with Crippen LogP contribution in [0, 0.1) is 12.8 Å². The third-order valence-electron chi connectivity index (χ3n) is 3.31. The molecule has 0 radical (unpaired) electrons. The van der Waals surface area contributed by atoms with E-state index in [1.807, 2.05) is 13.0 Å². The zero-order chi connectivity index (χ0) is 13.0. The first kappa shape index (κ1) is 13.5. The van der Waals surface area contributed by atoms with Crippen molar-refractivity contribution in [2.45, 2.75) is 24.7 Å². The third-order valence-corrected chi connectivity index (χ3v) is 4.77. The molecule has 18 heavy (non-hydrogen) atoms. The van der Waals surface area contributed by atoms with E-state index >= 15 is 0 Å². The Balaban J connectivity index is 1.90. The summed E-state index contributed by atoms with van der Waals surface area (Å²) in [5, 5.41) is 3.28. The molecule has 1 fully saturated rings. The first-order chi connectivity index (χ1) is 8.58. The van der Waals surface area contributed by atoms with Crippen molar-refractivity contribution in [3.05, 3.63) is 29.8 Å². The number of benzene rings is 1. The predicted octanol–water partition coefficient (Wildman–Crippen LogP) is 1.27. The van der Waals surface area contributed by atoms with Gasteiger partial charge in [-0.2, -0.15) is 0 Å². The molecule has 0 bridgehead atoms. The summed E-state index contributed by atoms with van der Waals surface area (Å²) >= 11 is 0. The minimum atomic E-state index is -3.34. The van der Waals surface area contributed by atoms with Gasteiger partial charge in [-0.3, -0.25) is 0 Å². The lowest BCUT2D eigenvalue weighted by Gasteiger charge is -2.10. The fourth-order valence-corrected chi connectivity index (χ4v) is 3.38. The molecule has 0 aliphatic carbocycles. The van der Waals surface area contributed by atoms with Crippen molar-refractivity contribution >= 4 is 10.0 Å². The number of sulfonamides is 1. The van der Waals surface area contributed by atoms with Gasteiger partial charge in [0.15, 0.2) is 0 Å². The zero-order valence-corrected chi connectivity index (χ0v) is 11.5. The topological polar surface area (TPSA) is 58.2 Å². The molecule has 1 aliphatic heterocycles. The lowest BCUT2D eigenvalue weighted by atomic mass is 10.1. The number of aryl methyl sites for hydroxylation is 1. The van der Waals surface area contributed by atoms with Gasteiger partial charge in [0.2, 0.25) is 10.0 Å². The molecule has 5 heteroatoms. The van der Waals surface area contributed by atoms with Crippen LogP contribution in [0.3, 0.4) is 0 Å². The van der Waals surface area contributed by atoms with Gasteiger partial charge in [-0.1, -0.05) is 12.1 Å². The van der Waals surface area contributed by atoms with Crippen LogP contribution in [0.1, 0.15) is 18.4 Å². The average Bonchev–Trinajstić information content (AvgIpc) is 2.82. The van der Waals surface area contributed by atoms with Crippen molar-refractivity contribution < 1.29 is 8.42 Å². The lowest BCUT2D eigenvalue weighted by Crippen LogP contribution is -2.26. The van der Waals surface area contributed by atoms with Gasteiger partial charge >= 0.3 is 0 Å². The Morgan fingerprint density at radius 1 is 1.44 bits per heavy atom. The van der Waals surface area contributed by atoms with Crippen molar-refractivity contribution in [1.29, 1.82) is 0 Å². The highest BCUT2D eigenvalue weighted by Gasteiger charge is 2.17. The molecule has 1 heterocycles. The van der Waals surface area contributed by atoms with Crippen LogP contribution in [0.2, 0.25) is 0 Å². The molecule has 1 aromatic rings. The second-order valence-corrected chi connectivity index (χ2v) is 6.63. The zero-order valence-electron chi connectivity index (χ0n) is 10.6. The van der Waals surface area contributed by atoms with Crippen molar-refractivity contribution in [1.82, 2.24) is 10.0 Å². The lowest BCUT2D eigenvalue weighted by molar-refractivity contribution is 0.519. The Labute approximate surface area is 109 Å². The van der Waals surface area contributed by atoms with E-state index in [1.165, 1.54) is 0 Å². The summed E-state index contributed by atoms with van der Waals surface area (Å²) in [7, 11) is -3.34. The van der Waals surface area contributed by atoms with Gasteiger partial charge in [0.25, 0.3) is 0 Å². The summed E-state index contributed by atoms with van der Waals surface area (Å²) < 4.78 is 26.7. The van der Waals surface area contributed by atoms with Gasteiger partial charge in [0, 0.05) is 6.54 Å². The van der Waals surface area contributed by atoms with Gasteiger partial charge < -0.3 is 5.32 Å². The summed E-state index contributed by atoms with van der Waals surface area (Å²) in [6.45, 7) is 4.47. The highest BCUT2D eigenvalue weighted by molar-refractivity contribution is 7.89. The summed E-state index contributed by atoms with van der Waals surface area (Å²) in [6.07, 6.45) is 2.05. The molecule has 2 rings (SSSR count). The van der Waals surface area contributed by atoms with Gasteiger partial charge in [0.05, 0.1) is 4.90 Å². The van der Waals surface area contributed by atoms with Gasteiger partial charge in [-0.25, -0.2) is 13.1 Å². The molecular weight excluding hydrogens is 248 g/mol. The van der Waals surface area contributed by atoms with Gasteiger partial charge in [-0.15, -0.1) is 0 Å². The Hall–Kier alpha value is -0.910. The third kappa shape index (κ3) is 3.54. The molecule has 0 amide bonds. The fraction of sp³-hybridized carbons (Fsp3) is 0.538. The molecule has 2 N–H and O–H groups in total. The van der Waals surface area contributed by atoms with Crippen LogP contribution in [0.15, 0.2) is 29.2 Å². The van der Waals surface area contributed by atoms with E-state index in [0.717, 1.165) is 31.5 Å². The van der Waals surface area contributed by atoms with E-state index < -0.39 is 10.0 Å². The second kappa shape index (κ2) is 5.82. The normalized spacial score (nSPS) is 20.2. The minimum absolute atomic E-state index is 0.354. The Morgan fingerprint density at radius 3 is 2.94 bits per heavy atom. The van der Waals surface area contributed by atoms with Crippen LogP contribution in [-0.2, 0) is 10.0 Å². The van der Waals surface area contributed by atoms with Crippen molar-refractivity contribution in [2.75, 3.05) is 19.6 Å². The molecule has 1 atom stereocenters. The molecule has 1 unspecified atom stereocenters. The number of hydrogen-bond donors (Lipinski definition) is 2. The molecule has 0 spiro atoms. The van der Waals surface area contributed by atoms with Gasteiger partial charge in [0.1, 0.15) is 0 Å². The van der Waals surface area contributed by atoms with Crippen LogP contribution in [0.4, 0.5) is 0 Å². The molecule has 0 saturated carbocycles. The molecule has 0 aromatic heterocycles. The molecule has 1 aliphatic rings. The largest absolute Gasteiger partial charge is 0.316 e. The smallest absolute Gasteiger partial charge is 0.240 e. The highest BCUT2D eigenvalue weighted by Crippen LogP contribution is 2.13. The highest BCUT2D eigenvalue weighted by atomic mass is 32.2. The number of hydrogen-bond acceptors (Lipinski definition) is 3. The SMILES string of the molecule is Cc1cccc(S(=O)(=O)NCCC2CCNC2)c1. The van der Waals surface area contributed by atoms with E-state index in [1.54, 1.807) is 18.2 Å². The monoisotopic (exact) mass is 268 g/mol. The predicted molar refractivity (Wildman–Crippen MR) is 72.0 cm³/mol. The van der Waals surface area contributed by atoms with E-state index in [-0.39, 0.29) is 0 Å². The molecule has 1 aromatic carbocycles. The maximum absolute atomic E-state index is 12.0. The van der Waals surface area contributed by atoms with E-state index in [4.69, 9.17) is 0 Å². The number of nitrogens with one attached hydrogen (secondary N) is 2. The summed E-state index contributed by atoms with van der Waals surface area (Å²) in [5.41, 5.74) is 0.956. The van der Waals surface area contributed by atoms with Crippen LogP contribution in [0.25, 0.3) is 0 Å².